The van der Waals surface area contributed by atoms with E-state index in [4.69, 9.17) is 5.73 Å². The van der Waals surface area contributed by atoms with Gasteiger partial charge in [-0.1, -0.05) is 6.92 Å². The van der Waals surface area contributed by atoms with E-state index < -0.39 is 9.84 Å². The molecule has 0 aromatic carbocycles. The van der Waals surface area contributed by atoms with Crippen LogP contribution in [0.4, 0.5) is 0 Å². The number of hydrogen-bond donors (Lipinski definition) is 1. The van der Waals surface area contributed by atoms with Gasteiger partial charge in [-0.25, -0.2) is 8.42 Å². The molecule has 0 aromatic rings. The van der Waals surface area contributed by atoms with Crippen LogP contribution in [0.5, 0.6) is 0 Å². The minimum Gasteiger partial charge on any atom is -0.329 e. The second kappa shape index (κ2) is 3.72. The van der Waals surface area contributed by atoms with Gasteiger partial charge < -0.3 is 5.73 Å². The number of nitrogens with zero attached hydrogens (tertiary/aromatic N) is 1. The van der Waals surface area contributed by atoms with E-state index in [0.29, 0.717) is 13.1 Å². The summed E-state index contributed by atoms with van der Waals surface area (Å²) in [6, 6.07) is 0.0359. The van der Waals surface area contributed by atoms with Crippen LogP contribution in [-0.4, -0.2) is 50.5 Å². The quantitative estimate of drug-likeness (QED) is 0.613. The van der Waals surface area contributed by atoms with Crippen LogP contribution >= 0.6 is 0 Å². The number of likely N-dealkylation sites (N-methyl/N-ethyl adjacent to an activating group) is 1. The van der Waals surface area contributed by atoms with Gasteiger partial charge in [0.1, 0.15) is 0 Å². The summed E-state index contributed by atoms with van der Waals surface area (Å²) in [6.45, 7) is 3.99. The van der Waals surface area contributed by atoms with Gasteiger partial charge in [0.05, 0.1) is 11.5 Å². The van der Waals surface area contributed by atoms with Crippen molar-refractivity contribution in [1.29, 1.82) is 0 Å². The second-order valence-corrected chi connectivity index (χ2v) is 5.36. The van der Waals surface area contributed by atoms with Crippen molar-refractivity contribution < 1.29 is 8.42 Å². The van der Waals surface area contributed by atoms with Crippen molar-refractivity contribution in [3.8, 4) is 0 Å². The first-order valence-corrected chi connectivity index (χ1v) is 6.05. The molecule has 1 aliphatic heterocycles. The number of hydrogen-bond acceptors (Lipinski definition) is 4. The molecule has 1 rings (SSSR count). The minimum absolute atomic E-state index is 0.0359. The third kappa shape index (κ3) is 2.18. The number of nitrogens with two attached hydrogens (primary N) is 1. The lowest BCUT2D eigenvalue weighted by Crippen LogP contribution is -2.51. The Morgan fingerprint density at radius 1 is 1.58 bits per heavy atom. The second-order valence-electron chi connectivity index (χ2n) is 3.13. The van der Waals surface area contributed by atoms with Crippen LogP contribution in [0.15, 0.2) is 0 Å². The lowest BCUT2D eigenvalue weighted by molar-refractivity contribution is 0.229. The SMILES string of the molecule is CCN1CCS(=O)(=O)CC1CN. The molecule has 1 unspecified atom stereocenters. The summed E-state index contributed by atoms with van der Waals surface area (Å²) >= 11 is 0. The van der Waals surface area contributed by atoms with Crippen LogP contribution in [0.3, 0.4) is 0 Å². The third-order valence-corrected chi connectivity index (χ3v) is 4.03. The molecule has 1 aliphatic rings. The van der Waals surface area contributed by atoms with Crippen LogP contribution in [0, 0.1) is 0 Å². The zero-order valence-corrected chi connectivity index (χ0v) is 8.18. The molecule has 2 N–H and O–H groups in total. The van der Waals surface area contributed by atoms with E-state index in [1.54, 1.807) is 0 Å². The van der Waals surface area contributed by atoms with Gasteiger partial charge in [-0.05, 0) is 6.54 Å². The molecule has 4 nitrogen and oxygen atoms in total. The maximum Gasteiger partial charge on any atom is 0.153 e. The highest BCUT2D eigenvalue weighted by atomic mass is 32.2. The summed E-state index contributed by atoms with van der Waals surface area (Å²) in [5.41, 5.74) is 5.48. The van der Waals surface area contributed by atoms with Gasteiger partial charge in [-0.2, -0.15) is 0 Å². The highest BCUT2D eigenvalue weighted by molar-refractivity contribution is 7.91. The molecule has 72 valence electrons. The van der Waals surface area contributed by atoms with Crippen molar-refractivity contribution in [2.24, 2.45) is 5.73 Å². The molecule has 0 bridgehead atoms. The molecular formula is C7H16N2O2S. The average Bonchev–Trinajstić information content (AvgIpc) is 2.03. The van der Waals surface area contributed by atoms with E-state index in [-0.39, 0.29) is 17.5 Å². The predicted octanol–water partition coefficient (Wildman–Crippen LogP) is -0.936. The van der Waals surface area contributed by atoms with E-state index in [0.717, 1.165) is 6.54 Å². The summed E-state index contributed by atoms with van der Waals surface area (Å²) in [5.74, 6) is 0.522. The molecular weight excluding hydrogens is 176 g/mol. The molecule has 0 radical (unpaired) electrons. The Bertz CT molecular complexity index is 238. The molecule has 0 amide bonds. The number of sulfone groups is 1. The summed E-state index contributed by atoms with van der Waals surface area (Å²) in [6.07, 6.45) is 0. The van der Waals surface area contributed by atoms with Crippen molar-refractivity contribution in [3.05, 3.63) is 0 Å². The predicted molar refractivity (Wildman–Crippen MR) is 48.7 cm³/mol. The zero-order chi connectivity index (χ0) is 9.19. The topological polar surface area (TPSA) is 63.4 Å². The Kier molecular flexibility index (Phi) is 3.09. The van der Waals surface area contributed by atoms with Crippen molar-refractivity contribution in [2.45, 2.75) is 13.0 Å². The van der Waals surface area contributed by atoms with Crippen molar-refractivity contribution >= 4 is 9.84 Å². The Morgan fingerprint density at radius 3 is 2.75 bits per heavy atom. The Labute approximate surface area is 73.6 Å². The van der Waals surface area contributed by atoms with E-state index >= 15 is 0 Å². The van der Waals surface area contributed by atoms with Gasteiger partial charge in [0.15, 0.2) is 9.84 Å². The van der Waals surface area contributed by atoms with Gasteiger partial charge in [0, 0.05) is 19.1 Å². The fourth-order valence-electron chi connectivity index (χ4n) is 1.55. The van der Waals surface area contributed by atoms with Gasteiger partial charge in [-0.15, -0.1) is 0 Å². The maximum atomic E-state index is 11.2. The number of rotatable bonds is 2. The Hall–Kier alpha value is -0.130. The Morgan fingerprint density at radius 2 is 2.25 bits per heavy atom. The Balaban J connectivity index is 2.66. The minimum atomic E-state index is -2.81. The lowest BCUT2D eigenvalue weighted by atomic mass is 10.3. The largest absolute Gasteiger partial charge is 0.329 e. The van der Waals surface area contributed by atoms with E-state index in [1.807, 2.05) is 6.92 Å². The van der Waals surface area contributed by atoms with Crippen LogP contribution in [0.2, 0.25) is 0 Å². The van der Waals surface area contributed by atoms with Crippen LogP contribution in [0.1, 0.15) is 6.92 Å². The molecule has 1 saturated heterocycles. The smallest absolute Gasteiger partial charge is 0.153 e. The van der Waals surface area contributed by atoms with E-state index in [9.17, 15) is 8.42 Å². The zero-order valence-electron chi connectivity index (χ0n) is 7.36. The first kappa shape index (κ1) is 9.95. The van der Waals surface area contributed by atoms with Gasteiger partial charge in [0.2, 0.25) is 0 Å². The molecule has 1 atom stereocenters. The molecule has 0 spiro atoms. The van der Waals surface area contributed by atoms with Crippen molar-refractivity contribution in [2.75, 3.05) is 31.1 Å². The molecule has 1 fully saturated rings. The van der Waals surface area contributed by atoms with Crippen LogP contribution in [0.25, 0.3) is 0 Å². The summed E-state index contributed by atoms with van der Waals surface area (Å²) in [7, 11) is -2.81. The third-order valence-electron chi connectivity index (χ3n) is 2.33. The van der Waals surface area contributed by atoms with Crippen LogP contribution in [-0.2, 0) is 9.84 Å². The van der Waals surface area contributed by atoms with E-state index in [1.165, 1.54) is 0 Å². The molecule has 1 heterocycles. The normalized spacial score (nSPS) is 30.3. The van der Waals surface area contributed by atoms with Crippen molar-refractivity contribution in [3.63, 3.8) is 0 Å². The maximum absolute atomic E-state index is 11.2. The van der Waals surface area contributed by atoms with Gasteiger partial charge in [0.25, 0.3) is 0 Å². The molecule has 12 heavy (non-hydrogen) atoms. The fraction of sp³-hybridized carbons (Fsp3) is 1.00. The van der Waals surface area contributed by atoms with Crippen LogP contribution < -0.4 is 5.73 Å². The standard InChI is InChI=1S/C7H16N2O2S/c1-2-9-3-4-12(10,11)6-7(9)5-8/h7H,2-6,8H2,1H3. The van der Waals surface area contributed by atoms with Gasteiger partial charge >= 0.3 is 0 Å². The highest BCUT2D eigenvalue weighted by Gasteiger charge is 2.28. The average molecular weight is 192 g/mol. The highest BCUT2D eigenvalue weighted by Crippen LogP contribution is 2.09. The van der Waals surface area contributed by atoms with E-state index in [2.05, 4.69) is 4.90 Å². The summed E-state index contributed by atoms with van der Waals surface area (Å²) in [4.78, 5) is 2.13. The molecule has 0 aliphatic carbocycles. The van der Waals surface area contributed by atoms with Gasteiger partial charge in [-0.3, -0.25) is 4.90 Å². The van der Waals surface area contributed by atoms with Crippen molar-refractivity contribution in [1.82, 2.24) is 4.90 Å². The fourth-order valence-corrected chi connectivity index (χ4v) is 3.17. The first-order chi connectivity index (χ1) is 5.59. The molecule has 5 heteroatoms. The molecule has 0 saturated carbocycles. The monoisotopic (exact) mass is 192 g/mol. The summed E-state index contributed by atoms with van der Waals surface area (Å²) in [5, 5.41) is 0. The molecule has 0 aromatic heterocycles. The first-order valence-electron chi connectivity index (χ1n) is 4.23. The lowest BCUT2D eigenvalue weighted by Gasteiger charge is -2.33. The summed E-state index contributed by atoms with van der Waals surface area (Å²) < 4.78 is 22.4.